The average Bonchev–Trinajstić information content (AvgIpc) is 3.95. The van der Waals surface area contributed by atoms with E-state index in [0.29, 0.717) is 90.3 Å². The predicted octanol–water partition coefficient (Wildman–Crippen LogP) is 9.43. The fourth-order valence-electron chi connectivity index (χ4n) is 7.45. The molecule has 0 radical (unpaired) electrons. The lowest BCUT2D eigenvalue weighted by Crippen LogP contribution is -2.07. The van der Waals surface area contributed by atoms with E-state index in [2.05, 4.69) is 0 Å². The van der Waals surface area contributed by atoms with Crippen molar-refractivity contribution in [2.75, 3.05) is 0 Å². The zero-order chi connectivity index (χ0) is 40.2. The van der Waals surface area contributed by atoms with E-state index in [1.807, 2.05) is 62.4 Å². The van der Waals surface area contributed by atoms with Crippen LogP contribution in [0.2, 0.25) is 0 Å². The van der Waals surface area contributed by atoms with Gasteiger partial charge in [-0.15, -0.1) is 22.7 Å². The van der Waals surface area contributed by atoms with Gasteiger partial charge in [0.1, 0.15) is 31.5 Å². The zero-order valence-corrected chi connectivity index (χ0v) is 34.3. The van der Waals surface area contributed by atoms with Crippen LogP contribution in [0.15, 0.2) is 81.2 Å². The summed E-state index contributed by atoms with van der Waals surface area (Å²) in [5, 5.41) is 9.39. The van der Waals surface area contributed by atoms with E-state index in [1.54, 1.807) is 9.36 Å². The lowest BCUT2D eigenvalue weighted by molar-refractivity contribution is 0.483. The Hall–Kier alpha value is -4.58. The highest BCUT2D eigenvalue weighted by Crippen LogP contribution is 2.45. The van der Waals surface area contributed by atoms with Crippen molar-refractivity contribution in [1.82, 2.24) is 19.6 Å². The topological polar surface area (TPSA) is 144 Å². The van der Waals surface area contributed by atoms with Crippen LogP contribution in [0.4, 0.5) is 8.78 Å². The van der Waals surface area contributed by atoms with Gasteiger partial charge in [-0.25, -0.2) is 8.78 Å². The number of aromatic nitrogens is 4. The molecule has 16 heteroatoms. The Labute approximate surface area is 337 Å². The number of rotatable bonds is 12. The van der Waals surface area contributed by atoms with Gasteiger partial charge in [0.15, 0.2) is 0 Å². The van der Waals surface area contributed by atoms with Crippen molar-refractivity contribution in [3.8, 4) is 21.1 Å². The molecule has 0 bridgehead atoms. The van der Waals surface area contributed by atoms with E-state index < -0.39 is 31.9 Å². The summed E-state index contributed by atoms with van der Waals surface area (Å²) in [6.45, 7) is 4.63. The molecule has 8 rings (SSSR count). The van der Waals surface area contributed by atoms with E-state index in [1.165, 1.54) is 24.3 Å². The minimum absolute atomic E-state index is 0.164. The fraction of sp³-hybridized carbons (Fsp3) is 0.268. The molecule has 2 N–H and O–H groups in total. The molecular formula is C41H38F2N4O6S4. The third kappa shape index (κ3) is 7.98. The van der Waals surface area contributed by atoms with Crippen LogP contribution in [0.3, 0.4) is 0 Å². The molecule has 0 spiro atoms. The SMILES string of the molecule is Cc1ccc(Cn2nc(/C(F)=C/CCC/C=C(\F)c3nn(Cc4ccc(C)cc4)c4c3CCc3cc(S(=O)(=O)O)sc3-4)c3c2-c2sc(S(=O)(=O)O)cc2CC3)cc1. The molecule has 0 atom stereocenters. The maximum absolute atomic E-state index is 16.0. The highest BCUT2D eigenvalue weighted by atomic mass is 32.3. The van der Waals surface area contributed by atoms with Gasteiger partial charge in [0.25, 0.3) is 0 Å². The summed E-state index contributed by atoms with van der Waals surface area (Å²) in [5.74, 6) is -1.04. The van der Waals surface area contributed by atoms with Crippen LogP contribution in [-0.4, -0.2) is 45.5 Å². The Kier molecular flexibility index (Phi) is 10.5. The van der Waals surface area contributed by atoms with Crippen LogP contribution in [-0.2, 0) is 59.0 Å². The number of thiophene rings is 2. The largest absolute Gasteiger partial charge is 0.304 e. The maximum atomic E-state index is 16.0. The van der Waals surface area contributed by atoms with Gasteiger partial charge in [0.2, 0.25) is 0 Å². The Morgan fingerprint density at radius 1 is 0.667 bits per heavy atom. The molecule has 0 saturated heterocycles. The Balaban J connectivity index is 1.04. The number of unbranched alkanes of at least 4 members (excludes halogenated alkanes) is 2. The minimum atomic E-state index is -4.42. The van der Waals surface area contributed by atoms with Gasteiger partial charge in [0.05, 0.1) is 34.2 Å². The Morgan fingerprint density at radius 3 is 1.42 bits per heavy atom. The van der Waals surface area contributed by atoms with Gasteiger partial charge in [-0.2, -0.15) is 27.0 Å². The van der Waals surface area contributed by atoms with Gasteiger partial charge in [-0.05, 0) is 105 Å². The molecule has 2 aliphatic rings. The van der Waals surface area contributed by atoms with Gasteiger partial charge >= 0.3 is 20.2 Å². The highest BCUT2D eigenvalue weighted by Gasteiger charge is 2.32. The van der Waals surface area contributed by atoms with Crippen molar-refractivity contribution in [2.24, 2.45) is 0 Å². The minimum Gasteiger partial charge on any atom is -0.281 e. The number of hydrogen-bond donors (Lipinski definition) is 2. The van der Waals surface area contributed by atoms with Crippen LogP contribution < -0.4 is 0 Å². The van der Waals surface area contributed by atoms with Crippen LogP contribution in [0.25, 0.3) is 32.8 Å². The second kappa shape index (κ2) is 15.3. The maximum Gasteiger partial charge on any atom is 0.304 e. The van der Waals surface area contributed by atoms with E-state index in [-0.39, 0.29) is 19.8 Å². The number of hydrogen-bond acceptors (Lipinski definition) is 8. The fourth-order valence-corrected chi connectivity index (χ4v) is 11.4. The smallest absolute Gasteiger partial charge is 0.281 e. The second-order valence-electron chi connectivity index (χ2n) is 14.5. The lowest BCUT2D eigenvalue weighted by Gasteiger charge is -2.15. The third-order valence-corrected chi connectivity index (χ3v) is 15.3. The van der Waals surface area contributed by atoms with Crippen LogP contribution >= 0.6 is 22.7 Å². The Bertz CT molecular complexity index is 2620. The summed E-state index contributed by atoms with van der Waals surface area (Å²) in [6, 6.07) is 18.7. The van der Waals surface area contributed by atoms with Crippen molar-refractivity contribution in [3.05, 3.63) is 129 Å². The summed E-state index contributed by atoms with van der Waals surface area (Å²) in [5.41, 5.74) is 8.54. The van der Waals surface area contributed by atoms with Crippen LogP contribution in [0, 0.1) is 13.8 Å². The first-order chi connectivity index (χ1) is 27.1. The number of fused-ring (bicyclic) bond motifs is 6. The summed E-state index contributed by atoms with van der Waals surface area (Å²) in [7, 11) is -8.84. The molecule has 0 aliphatic heterocycles. The first kappa shape index (κ1) is 39.3. The van der Waals surface area contributed by atoms with E-state index in [4.69, 9.17) is 10.2 Å². The lowest BCUT2D eigenvalue weighted by atomic mass is 9.94. The zero-order valence-electron chi connectivity index (χ0n) is 31.0. The number of allylic oxidation sites excluding steroid dienone is 2. The number of aryl methyl sites for hydroxylation is 4. The number of benzene rings is 2. The normalized spacial score (nSPS) is 14.4. The number of halogens is 2. The molecule has 0 amide bonds. The molecule has 0 unspecified atom stereocenters. The number of nitrogens with zero attached hydrogens (tertiary/aromatic N) is 4. The van der Waals surface area contributed by atoms with Crippen molar-refractivity contribution in [3.63, 3.8) is 0 Å². The first-order valence-electron chi connectivity index (χ1n) is 18.4. The summed E-state index contributed by atoms with van der Waals surface area (Å²) in [4.78, 5) is 1.28. The van der Waals surface area contributed by atoms with E-state index >= 15 is 8.78 Å². The predicted molar refractivity (Wildman–Crippen MR) is 218 cm³/mol. The molecule has 4 heterocycles. The molecule has 2 aliphatic carbocycles. The Morgan fingerprint density at radius 2 is 1.05 bits per heavy atom. The van der Waals surface area contributed by atoms with Crippen molar-refractivity contribution >= 4 is 54.6 Å². The van der Waals surface area contributed by atoms with Gasteiger partial charge in [0, 0.05) is 11.1 Å². The molecule has 57 heavy (non-hydrogen) atoms. The summed E-state index contributed by atoms with van der Waals surface area (Å²) >= 11 is 1.90. The van der Waals surface area contributed by atoms with Crippen molar-refractivity contribution < 1.29 is 34.7 Å². The van der Waals surface area contributed by atoms with Crippen molar-refractivity contribution in [1.29, 1.82) is 0 Å². The quantitative estimate of drug-likeness (QED) is 0.0916. The van der Waals surface area contributed by atoms with Crippen molar-refractivity contribution in [2.45, 2.75) is 80.3 Å². The molecule has 0 fully saturated rings. The molecule has 2 aromatic carbocycles. The third-order valence-electron chi connectivity index (χ3n) is 10.3. The van der Waals surface area contributed by atoms with Gasteiger partial charge in [-0.1, -0.05) is 59.7 Å². The molecule has 4 aromatic heterocycles. The van der Waals surface area contributed by atoms with E-state index in [9.17, 15) is 25.9 Å². The standard InChI is InChI=1S/C41H38F2N4O6S4/c1-24-8-12-26(13-9-24)22-46-38-30(18-16-28-20-34(54-40(28)38)56(48,49)50)36(44-46)32(42)6-4-3-5-7-33(43)37-31-19-17-29-21-35(57(51,52)53)55-41(29)39(31)47(45-37)23-27-14-10-25(2)11-15-27/h6-15,20-21H,3-5,16-19,22-23H2,1-2H3,(H,48,49,50)(H,51,52,53)/b32-6-,33-7-. The summed E-state index contributed by atoms with van der Waals surface area (Å²) in [6.07, 6.45) is 5.72. The first-order valence-corrected chi connectivity index (χ1v) is 22.9. The monoisotopic (exact) mass is 848 g/mol. The second-order valence-corrected chi connectivity index (χ2v) is 19.9. The van der Waals surface area contributed by atoms with E-state index in [0.717, 1.165) is 56.1 Å². The van der Waals surface area contributed by atoms with Crippen LogP contribution in [0.1, 0.15) is 75.2 Å². The molecule has 6 aromatic rings. The average molecular weight is 849 g/mol. The van der Waals surface area contributed by atoms with Gasteiger partial charge in [-0.3, -0.25) is 18.5 Å². The van der Waals surface area contributed by atoms with Crippen LogP contribution in [0.5, 0.6) is 0 Å². The summed E-state index contributed by atoms with van der Waals surface area (Å²) < 4.78 is 103. The van der Waals surface area contributed by atoms with Gasteiger partial charge < -0.3 is 0 Å². The molecular weight excluding hydrogens is 811 g/mol. The molecule has 296 valence electrons. The highest BCUT2D eigenvalue weighted by molar-refractivity contribution is 7.88. The molecule has 0 saturated carbocycles. The molecule has 10 nitrogen and oxygen atoms in total.